The fraction of sp³-hybridized carbons (Fsp3) is 0.500. The van der Waals surface area contributed by atoms with Gasteiger partial charge in [0.15, 0.2) is 10.3 Å². The summed E-state index contributed by atoms with van der Waals surface area (Å²) in [6, 6.07) is 3.27. The largest absolute Gasteiger partial charge is 0.383 e. The van der Waals surface area contributed by atoms with Crippen molar-refractivity contribution in [1.82, 2.24) is 4.98 Å². The van der Waals surface area contributed by atoms with Crippen molar-refractivity contribution in [3.8, 4) is 0 Å². The van der Waals surface area contributed by atoms with Crippen molar-refractivity contribution in [2.75, 3.05) is 16.6 Å². The molecule has 0 aliphatic rings. The summed E-state index contributed by atoms with van der Waals surface area (Å²) in [7, 11) is -5.54. The number of thiazole rings is 1. The highest BCUT2D eigenvalue weighted by Crippen LogP contribution is 2.31. The monoisotopic (exact) mass is 481 g/mol. The molecule has 0 radical (unpaired) electrons. The van der Waals surface area contributed by atoms with Crippen molar-refractivity contribution < 1.29 is 17.2 Å². The van der Waals surface area contributed by atoms with Gasteiger partial charge in [-0.25, -0.2) is 17.8 Å². The summed E-state index contributed by atoms with van der Waals surface area (Å²) in [6.07, 6.45) is 2.99. The summed E-state index contributed by atoms with van der Waals surface area (Å²) in [6.45, 7) is 9.70. The van der Waals surface area contributed by atoms with Gasteiger partial charge in [-0.15, -0.1) is 0 Å². The first-order valence-corrected chi connectivity index (χ1v) is 15.7. The van der Waals surface area contributed by atoms with E-state index in [9.17, 15) is 17.2 Å². The van der Waals surface area contributed by atoms with Crippen LogP contribution in [-0.2, 0) is 10.0 Å². The zero-order valence-corrected chi connectivity index (χ0v) is 20.2. The van der Waals surface area contributed by atoms with Crippen LogP contribution in [0, 0.1) is 16.9 Å². The molecule has 5 nitrogen and oxygen atoms in total. The summed E-state index contributed by atoms with van der Waals surface area (Å²) in [4.78, 5) is 2.97. The van der Waals surface area contributed by atoms with Crippen LogP contribution in [0.2, 0.25) is 30.7 Å². The van der Waals surface area contributed by atoms with E-state index in [1.807, 2.05) is 0 Å². The second kappa shape index (κ2) is 9.72. The number of aromatic nitrogens is 1. The predicted molar refractivity (Wildman–Crippen MR) is 119 cm³/mol. The summed E-state index contributed by atoms with van der Waals surface area (Å²) in [5.41, 5.74) is 0.347. The van der Waals surface area contributed by atoms with Gasteiger partial charge in [-0.3, -0.25) is 4.72 Å². The quantitative estimate of drug-likeness (QED) is 0.405. The molecule has 0 spiro atoms. The Morgan fingerprint density at radius 2 is 1.97 bits per heavy atom. The Labute approximate surface area is 181 Å². The van der Waals surface area contributed by atoms with Crippen LogP contribution in [0.15, 0.2) is 23.2 Å². The third-order valence-electron chi connectivity index (χ3n) is 4.19. The summed E-state index contributed by atoms with van der Waals surface area (Å²) < 4.78 is 54.5. The molecule has 1 aromatic heterocycles. The third kappa shape index (κ3) is 7.20. The molecule has 0 saturated heterocycles. The molecule has 1 aromatic carbocycles. The molecule has 1 heterocycles. The lowest BCUT2D eigenvalue weighted by Crippen LogP contribution is -2.27. The van der Waals surface area contributed by atoms with Gasteiger partial charge >= 0.3 is 0 Å². The maximum atomic E-state index is 14.6. The molecule has 162 valence electrons. The van der Waals surface area contributed by atoms with E-state index in [0.717, 1.165) is 37.2 Å². The van der Waals surface area contributed by atoms with Crippen molar-refractivity contribution in [1.29, 1.82) is 0 Å². The average Bonchev–Trinajstić information content (AvgIpc) is 2.98. The molecule has 0 aliphatic heterocycles. The van der Waals surface area contributed by atoms with Crippen LogP contribution >= 0.6 is 22.9 Å². The lowest BCUT2D eigenvalue weighted by Gasteiger charge is -2.25. The Kier molecular flexibility index (Phi) is 8.05. The van der Waals surface area contributed by atoms with Crippen LogP contribution in [0.25, 0.3) is 0 Å². The highest BCUT2D eigenvalue weighted by atomic mass is 35.5. The van der Waals surface area contributed by atoms with E-state index in [0.29, 0.717) is 29.5 Å². The lowest BCUT2D eigenvalue weighted by molar-refractivity contribution is 0.542. The molecule has 29 heavy (non-hydrogen) atoms. The second-order valence-electron chi connectivity index (χ2n) is 8.14. The van der Waals surface area contributed by atoms with E-state index in [4.69, 9.17) is 11.6 Å². The summed E-state index contributed by atoms with van der Waals surface area (Å²) in [5, 5.41) is 2.43. The standard InChI is InChI=1S/C18H26ClF2N3O2S2Si/c1-5-6-12(11-29(2,3)4)9-22-15-8-14(20)16(7-13(15)19)28(25,26)24-18-23-10-17(21)27-18/h7-8,10,12,22H,5-6,9,11H2,1-4H3,(H,23,24)/t12-/m1/s1. The number of nitrogens with zero attached hydrogens (tertiary/aromatic N) is 1. The number of nitrogens with one attached hydrogen (secondary N) is 2. The fourth-order valence-corrected chi connectivity index (χ4v) is 7.39. The Bertz CT molecular complexity index is 949. The van der Waals surface area contributed by atoms with Crippen LogP contribution in [0.4, 0.5) is 19.6 Å². The van der Waals surface area contributed by atoms with E-state index in [2.05, 4.69) is 41.6 Å². The van der Waals surface area contributed by atoms with Crippen molar-refractivity contribution in [3.05, 3.63) is 34.3 Å². The number of hydrogen-bond acceptors (Lipinski definition) is 5. The first kappa shape index (κ1) is 24.0. The minimum Gasteiger partial charge on any atom is -0.383 e. The topological polar surface area (TPSA) is 71.1 Å². The van der Waals surface area contributed by atoms with Crippen molar-refractivity contribution >= 4 is 51.9 Å². The van der Waals surface area contributed by atoms with Crippen LogP contribution in [0.5, 0.6) is 0 Å². The van der Waals surface area contributed by atoms with Gasteiger partial charge in [-0.05, 0) is 24.5 Å². The van der Waals surface area contributed by atoms with E-state index in [1.54, 1.807) is 0 Å². The fourth-order valence-electron chi connectivity index (χ4n) is 3.15. The molecule has 0 aliphatic carbocycles. The Balaban J connectivity index is 2.17. The van der Waals surface area contributed by atoms with Crippen molar-refractivity contribution in [2.24, 2.45) is 5.92 Å². The molecule has 0 fully saturated rings. The molecule has 0 bridgehead atoms. The molecule has 2 aromatic rings. The Morgan fingerprint density at radius 1 is 1.28 bits per heavy atom. The van der Waals surface area contributed by atoms with Crippen LogP contribution in [0.3, 0.4) is 0 Å². The lowest BCUT2D eigenvalue weighted by atomic mass is 10.1. The number of hydrogen-bond donors (Lipinski definition) is 2. The average molecular weight is 482 g/mol. The number of halogens is 3. The highest BCUT2D eigenvalue weighted by Gasteiger charge is 2.24. The maximum absolute atomic E-state index is 14.6. The van der Waals surface area contributed by atoms with Crippen LogP contribution < -0.4 is 10.0 Å². The number of sulfonamides is 1. The zero-order valence-electron chi connectivity index (χ0n) is 16.9. The molecule has 0 saturated carbocycles. The molecular weight excluding hydrogens is 456 g/mol. The van der Waals surface area contributed by atoms with Gasteiger partial charge < -0.3 is 5.32 Å². The minimum atomic E-state index is -4.28. The molecule has 2 rings (SSSR count). The highest BCUT2D eigenvalue weighted by molar-refractivity contribution is 7.93. The normalized spacial score (nSPS) is 13.3. The van der Waals surface area contributed by atoms with Gasteiger partial charge in [0.25, 0.3) is 10.0 Å². The first-order valence-electron chi connectivity index (χ1n) is 9.28. The van der Waals surface area contributed by atoms with Crippen LogP contribution in [-0.4, -0.2) is 28.0 Å². The van der Waals surface area contributed by atoms with Crippen molar-refractivity contribution in [3.63, 3.8) is 0 Å². The van der Waals surface area contributed by atoms with E-state index in [-0.39, 0.29) is 10.2 Å². The van der Waals surface area contributed by atoms with E-state index >= 15 is 0 Å². The van der Waals surface area contributed by atoms with Gasteiger partial charge in [-0.1, -0.05) is 62.0 Å². The first-order chi connectivity index (χ1) is 13.4. The Morgan fingerprint density at radius 3 is 2.52 bits per heavy atom. The van der Waals surface area contributed by atoms with Gasteiger partial charge in [0.1, 0.15) is 10.7 Å². The molecule has 0 unspecified atom stereocenters. The molecular formula is C18H26ClF2N3O2S2Si. The SMILES string of the molecule is CCC[C@H](CNc1cc(F)c(S(=O)(=O)Nc2ncc(F)s2)cc1Cl)C[Si](C)(C)C. The third-order valence-corrected chi connectivity index (χ3v) is 8.49. The van der Waals surface area contributed by atoms with Gasteiger partial charge in [0.05, 0.1) is 16.9 Å². The van der Waals surface area contributed by atoms with Crippen molar-refractivity contribution in [2.45, 2.75) is 50.3 Å². The van der Waals surface area contributed by atoms with Crippen LogP contribution in [0.1, 0.15) is 19.8 Å². The molecule has 0 amide bonds. The zero-order chi connectivity index (χ0) is 21.8. The van der Waals surface area contributed by atoms with Gasteiger partial charge in [0, 0.05) is 14.6 Å². The smallest absolute Gasteiger partial charge is 0.266 e. The molecule has 1 atom stereocenters. The maximum Gasteiger partial charge on any atom is 0.266 e. The predicted octanol–water partition coefficient (Wildman–Crippen LogP) is 6.04. The second-order valence-corrected chi connectivity index (χ2v) is 16.7. The van der Waals surface area contributed by atoms with Gasteiger partial charge in [0.2, 0.25) is 0 Å². The van der Waals surface area contributed by atoms with E-state index in [1.165, 1.54) is 0 Å². The minimum absolute atomic E-state index is 0.0975. The van der Waals surface area contributed by atoms with E-state index < -0.39 is 33.9 Å². The van der Waals surface area contributed by atoms with Gasteiger partial charge in [-0.2, -0.15) is 4.39 Å². The summed E-state index contributed by atoms with van der Waals surface area (Å²) >= 11 is 6.73. The number of benzene rings is 1. The summed E-state index contributed by atoms with van der Waals surface area (Å²) in [5.74, 6) is -0.505. The number of rotatable bonds is 10. The molecule has 2 N–H and O–H groups in total. The Hall–Kier alpha value is -1.23. The molecule has 11 heteroatoms. The number of anilines is 2.